The van der Waals surface area contributed by atoms with Crippen LogP contribution in [0.15, 0.2) is 22.7 Å². The fourth-order valence-electron chi connectivity index (χ4n) is 0.841. The predicted molar refractivity (Wildman–Crippen MR) is 55.1 cm³/mol. The van der Waals surface area contributed by atoms with E-state index in [4.69, 9.17) is 9.47 Å². The second-order valence-electron chi connectivity index (χ2n) is 2.46. The van der Waals surface area contributed by atoms with Crippen LogP contribution < -0.4 is 4.74 Å². The number of hydrogen-bond acceptors (Lipinski definition) is 3. The molecule has 75 valence electrons. The van der Waals surface area contributed by atoms with Crippen LogP contribution in [0.1, 0.15) is 6.92 Å². The van der Waals surface area contributed by atoms with E-state index in [0.717, 1.165) is 4.47 Å². The molecule has 14 heavy (non-hydrogen) atoms. The molecule has 1 rings (SSSR count). The number of rotatable bonds is 4. The van der Waals surface area contributed by atoms with Crippen molar-refractivity contribution in [1.29, 1.82) is 0 Å². The zero-order valence-corrected chi connectivity index (χ0v) is 9.33. The van der Waals surface area contributed by atoms with Gasteiger partial charge in [0.1, 0.15) is 5.75 Å². The smallest absolute Gasteiger partial charge is 0.344 e. The quantitative estimate of drug-likeness (QED) is 0.776. The summed E-state index contributed by atoms with van der Waals surface area (Å²) in [7, 11) is 0. The second-order valence-corrected chi connectivity index (χ2v) is 3.38. The molecular formula is C10H10BrO3. The summed E-state index contributed by atoms with van der Waals surface area (Å²) >= 11 is 3.28. The molecule has 0 spiro atoms. The monoisotopic (exact) mass is 257 g/mol. The summed E-state index contributed by atoms with van der Waals surface area (Å²) < 4.78 is 10.7. The third kappa shape index (κ3) is 3.79. The average molecular weight is 258 g/mol. The minimum absolute atomic E-state index is 0.0825. The Kier molecular flexibility index (Phi) is 4.46. The lowest BCUT2D eigenvalue weighted by atomic mass is 10.3. The Morgan fingerprint density at radius 2 is 2.43 bits per heavy atom. The maximum Gasteiger partial charge on any atom is 0.344 e. The van der Waals surface area contributed by atoms with Crippen molar-refractivity contribution in [1.82, 2.24) is 0 Å². The van der Waals surface area contributed by atoms with E-state index in [2.05, 4.69) is 22.0 Å². The van der Waals surface area contributed by atoms with Gasteiger partial charge in [0, 0.05) is 10.5 Å². The lowest BCUT2D eigenvalue weighted by molar-refractivity contribution is -0.145. The van der Waals surface area contributed by atoms with Gasteiger partial charge in [-0.25, -0.2) is 4.79 Å². The molecule has 0 unspecified atom stereocenters. The summed E-state index contributed by atoms with van der Waals surface area (Å²) in [4.78, 5) is 10.9. The summed E-state index contributed by atoms with van der Waals surface area (Å²) in [5.41, 5.74) is 0. The van der Waals surface area contributed by atoms with Crippen LogP contribution in [0.5, 0.6) is 5.75 Å². The normalized spacial score (nSPS) is 9.57. The van der Waals surface area contributed by atoms with E-state index in [0.29, 0.717) is 12.4 Å². The summed E-state index contributed by atoms with van der Waals surface area (Å²) in [6.45, 7) is 2.04. The highest BCUT2D eigenvalue weighted by Gasteiger charge is 2.02. The molecule has 1 radical (unpaired) electrons. The maximum atomic E-state index is 10.9. The van der Waals surface area contributed by atoms with Crippen molar-refractivity contribution in [3.05, 3.63) is 28.7 Å². The van der Waals surface area contributed by atoms with Gasteiger partial charge in [-0.1, -0.05) is 15.9 Å². The van der Waals surface area contributed by atoms with Crippen LogP contribution in [0.2, 0.25) is 0 Å². The number of esters is 1. The van der Waals surface area contributed by atoms with Gasteiger partial charge in [0.15, 0.2) is 6.61 Å². The van der Waals surface area contributed by atoms with E-state index in [9.17, 15) is 4.79 Å². The lowest BCUT2D eigenvalue weighted by Gasteiger charge is -2.05. The van der Waals surface area contributed by atoms with Crippen molar-refractivity contribution in [2.75, 3.05) is 13.2 Å². The van der Waals surface area contributed by atoms with Crippen molar-refractivity contribution in [2.45, 2.75) is 6.92 Å². The summed E-state index contributed by atoms with van der Waals surface area (Å²) in [6.07, 6.45) is 0. The maximum absolute atomic E-state index is 10.9. The van der Waals surface area contributed by atoms with E-state index in [1.54, 1.807) is 19.1 Å². The molecule has 0 atom stereocenters. The summed E-state index contributed by atoms with van der Waals surface area (Å²) in [6, 6.07) is 8.13. The Labute approximate surface area is 91.1 Å². The van der Waals surface area contributed by atoms with Gasteiger partial charge in [0.2, 0.25) is 0 Å². The van der Waals surface area contributed by atoms with Gasteiger partial charge in [-0.15, -0.1) is 0 Å². The third-order valence-corrected chi connectivity index (χ3v) is 1.88. The lowest BCUT2D eigenvalue weighted by Crippen LogP contribution is -2.14. The van der Waals surface area contributed by atoms with Crippen LogP contribution in [-0.4, -0.2) is 19.2 Å². The molecule has 4 heteroatoms. The number of carbonyl (C=O) groups is 1. The highest BCUT2D eigenvalue weighted by molar-refractivity contribution is 9.10. The van der Waals surface area contributed by atoms with Gasteiger partial charge in [0.25, 0.3) is 0 Å². The van der Waals surface area contributed by atoms with Crippen LogP contribution in [0.3, 0.4) is 0 Å². The molecule has 0 N–H and O–H groups in total. The van der Waals surface area contributed by atoms with Crippen LogP contribution in [0.25, 0.3) is 0 Å². The van der Waals surface area contributed by atoms with Crippen molar-refractivity contribution in [3.63, 3.8) is 0 Å². The van der Waals surface area contributed by atoms with Crippen molar-refractivity contribution < 1.29 is 14.3 Å². The number of benzene rings is 1. The molecule has 0 aliphatic carbocycles. The molecule has 0 saturated carbocycles. The first-order valence-electron chi connectivity index (χ1n) is 4.18. The van der Waals surface area contributed by atoms with Gasteiger partial charge in [0.05, 0.1) is 6.61 Å². The zero-order chi connectivity index (χ0) is 10.4. The van der Waals surface area contributed by atoms with Gasteiger partial charge >= 0.3 is 5.97 Å². The zero-order valence-electron chi connectivity index (χ0n) is 7.75. The number of carbonyl (C=O) groups excluding carboxylic acids is 1. The first-order chi connectivity index (χ1) is 6.72. The van der Waals surface area contributed by atoms with Crippen molar-refractivity contribution in [3.8, 4) is 5.75 Å². The Balaban J connectivity index is 2.41. The molecule has 0 bridgehead atoms. The van der Waals surface area contributed by atoms with Gasteiger partial charge in [-0.05, 0) is 25.1 Å². The van der Waals surface area contributed by atoms with Gasteiger partial charge < -0.3 is 9.47 Å². The molecule has 0 aliphatic heterocycles. The molecule has 0 heterocycles. The first-order valence-corrected chi connectivity index (χ1v) is 4.97. The van der Waals surface area contributed by atoms with Crippen LogP contribution in [0, 0.1) is 6.07 Å². The SMILES string of the molecule is CCOC(=O)COc1[c]ccc(Br)c1. The minimum atomic E-state index is -0.374. The van der Waals surface area contributed by atoms with E-state index in [1.165, 1.54) is 0 Å². The summed E-state index contributed by atoms with van der Waals surface area (Å²) in [5.74, 6) is 0.147. The molecule has 0 amide bonds. The topological polar surface area (TPSA) is 35.5 Å². The van der Waals surface area contributed by atoms with Crippen LogP contribution >= 0.6 is 15.9 Å². The van der Waals surface area contributed by atoms with Gasteiger partial charge in [-0.3, -0.25) is 0 Å². The highest BCUT2D eigenvalue weighted by atomic mass is 79.9. The largest absolute Gasteiger partial charge is 0.481 e. The van der Waals surface area contributed by atoms with Gasteiger partial charge in [-0.2, -0.15) is 0 Å². The second kappa shape index (κ2) is 5.65. The molecule has 0 aliphatic rings. The van der Waals surface area contributed by atoms with Crippen LogP contribution in [-0.2, 0) is 9.53 Å². The summed E-state index contributed by atoms with van der Waals surface area (Å²) in [5, 5.41) is 0. The molecular weight excluding hydrogens is 248 g/mol. The fourth-order valence-corrected chi connectivity index (χ4v) is 1.18. The van der Waals surface area contributed by atoms with Crippen molar-refractivity contribution in [2.24, 2.45) is 0 Å². The molecule has 0 fully saturated rings. The standard InChI is InChI=1S/C10H10BrO3/c1-2-13-10(12)7-14-9-5-3-4-8(11)6-9/h3-4,6H,2,7H2,1H3. The van der Waals surface area contributed by atoms with E-state index < -0.39 is 0 Å². The van der Waals surface area contributed by atoms with Crippen LogP contribution in [0.4, 0.5) is 0 Å². The first kappa shape index (κ1) is 11.0. The molecule has 0 aromatic heterocycles. The highest BCUT2D eigenvalue weighted by Crippen LogP contribution is 2.16. The predicted octanol–water partition coefficient (Wildman–Crippen LogP) is 2.19. The molecule has 0 saturated heterocycles. The van der Waals surface area contributed by atoms with E-state index in [1.807, 2.05) is 6.07 Å². The van der Waals surface area contributed by atoms with E-state index in [-0.39, 0.29) is 12.6 Å². The Morgan fingerprint density at radius 1 is 1.64 bits per heavy atom. The molecule has 1 aromatic carbocycles. The fraction of sp³-hybridized carbons (Fsp3) is 0.300. The molecule has 3 nitrogen and oxygen atoms in total. The van der Waals surface area contributed by atoms with Crippen molar-refractivity contribution >= 4 is 21.9 Å². The third-order valence-electron chi connectivity index (χ3n) is 1.39. The van der Waals surface area contributed by atoms with E-state index >= 15 is 0 Å². The number of hydrogen-bond donors (Lipinski definition) is 0. The Morgan fingerprint density at radius 3 is 3.07 bits per heavy atom. The minimum Gasteiger partial charge on any atom is -0.481 e. The Hall–Kier alpha value is -1.03. The number of halogens is 1. The molecule has 1 aromatic rings. The average Bonchev–Trinajstić information content (AvgIpc) is 2.15. The number of ether oxygens (including phenoxy) is 2. The Bertz CT molecular complexity index is 312.